The fourth-order valence-corrected chi connectivity index (χ4v) is 2.73. The molecular formula is C20H22Cl2O2. The predicted molar refractivity (Wildman–Crippen MR) is 104 cm³/mol. The Kier molecular flexibility index (Phi) is 7.53. The second-order valence-corrected chi connectivity index (χ2v) is 6.50. The van der Waals surface area contributed by atoms with Crippen molar-refractivity contribution in [1.29, 1.82) is 0 Å². The molecule has 0 radical (unpaired) electrons. The van der Waals surface area contributed by atoms with Gasteiger partial charge in [-0.05, 0) is 62.4 Å². The molecule has 4 heteroatoms. The van der Waals surface area contributed by atoms with Crippen LogP contribution >= 0.6 is 23.2 Å². The number of hydrogen-bond acceptors (Lipinski definition) is 1. The molecule has 0 spiro atoms. The Morgan fingerprint density at radius 2 is 1.46 bits per heavy atom. The number of rotatable bonds is 5. The van der Waals surface area contributed by atoms with Crippen molar-refractivity contribution < 1.29 is 9.90 Å². The number of allylic oxidation sites excluding steroid dienone is 6. The van der Waals surface area contributed by atoms with Crippen LogP contribution in [0.4, 0.5) is 0 Å². The molecule has 1 aromatic carbocycles. The third-order valence-corrected chi connectivity index (χ3v) is 4.84. The Bertz CT molecular complexity index is 737. The second kappa shape index (κ2) is 8.91. The number of benzene rings is 1. The molecule has 0 aliphatic carbocycles. The molecule has 0 atom stereocenters. The van der Waals surface area contributed by atoms with Crippen LogP contribution in [0.3, 0.4) is 0 Å². The van der Waals surface area contributed by atoms with E-state index in [9.17, 15) is 4.79 Å². The van der Waals surface area contributed by atoms with E-state index in [1.165, 1.54) is 6.08 Å². The molecule has 0 heterocycles. The quantitative estimate of drug-likeness (QED) is 0.480. The van der Waals surface area contributed by atoms with E-state index in [4.69, 9.17) is 28.3 Å². The van der Waals surface area contributed by atoms with Gasteiger partial charge in [0, 0.05) is 16.1 Å². The largest absolute Gasteiger partial charge is 0.478 e. The molecule has 1 N–H and O–H groups in total. The first kappa shape index (κ1) is 20.3. The van der Waals surface area contributed by atoms with Crippen molar-refractivity contribution in [2.75, 3.05) is 0 Å². The average molecular weight is 365 g/mol. The highest BCUT2D eigenvalue weighted by molar-refractivity contribution is 6.37. The third-order valence-electron chi connectivity index (χ3n) is 3.71. The van der Waals surface area contributed by atoms with Crippen LogP contribution in [0.15, 0.2) is 41.5 Å². The molecule has 0 aromatic heterocycles. The van der Waals surface area contributed by atoms with Gasteiger partial charge in [0.25, 0.3) is 0 Å². The number of carboxylic acid groups (broad SMARTS) is 1. The Balaban J connectivity index is 3.04. The fourth-order valence-electron chi connectivity index (χ4n) is 2.29. The molecule has 0 aliphatic heterocycles. The van der Waals surface area contributed by atoms with Crippen LogP contribution in [-0.2, 0) is 4.79 Å². The molecule has 0 unspecified atom stereocenters. The summed E-state index contributed by atoms with van der Waals surface area (Å²) in [7, 11) is 0. The highest BCUT2D eigenvalue weighted by atomic mass is 35.5. The predicted octanol–water partition coefficient (Wildman–Crippen LogP) is 6.47. The minimum Gasteiger partial charge on any atom is -0.478 e. The summed E-state index contributed by atoms with van der Waals surface area (Å²) < 4.78 is 0. The fraction of sp³-hybridized carbons (Fsp3) is 0.250. The van der Waals surface area contributed by atoms with Crippen molar-refractivity contribution in [3.8, 4) is 0 Å². The molecule has 1 aromatic rings. The second-order valence-electron chi connectivity index (χ2n) is 5.75. The highest BCUT2D eigenvalue weighted by Gasteiger charge is 2.12. The number of aliphatic carboxylic acids is 1. The van der Waals surface area contributed by atoms with Gasteiger partial charge in [0.2, 0.25) is 0 Å². The SMILES string of the molecule is CC(C=Cc1c(C)c(Cl)c(C)c(Cl)c1C)=CC=CC(C)=CC(=O)O. The van der Waals surface area contributed by atoms with Gasteiger partial charge in [0.05, 0.1) is 0 Å². The Hall–Kier alpha value is -1.77. The smallest absolute Gasteiger partial charge is 0.328 e. The van der Waals surface area contributed by atoms with E-state index in [2.05, 4.69) is 0 Å². The lowest BCUT2D eigenvalue weighted by atomic mass is 9.98. The maximum Gasteiger partial charge on any atom is 0.328 e. The number of hydrogen-bond donors (Lipinski definition) is 1. The molecule has 1 rings (SSSR count). The van der Waals surface area contributed by atoms with Crippen molar-refractivity contribution in [1.82, 2.24) is 0 Å². The first-order valence-corrected chi connectivity index (χ1v) is 8.29. The zero-order chi connectivity index (χ0) is 18.4. The van der Waals surface area contributed by atoms with Crippen LogP contribution in [0.25, 0.3) is 6.08 Å². The third kappa shape index (κ3) is 5.40. The van der Waals surface area contributed by atoms with Crippen LogP contribution in [0.1, 0.15) is 36.1 Å². The molecule has 2 nitrogen and oxygen atoms in total. The van der Waals surface area contributed by atoms with Crippen LogP contribution in [0.5, 0.6) is 0 Å². The molecule has 0 saturated heterocycles. The zero-order valence-corrected chi connectivity index (χ0v) is 16.1. The molecule has 0 fully saturated rings. The summed E-state index contributed by atoms with van der Waals surface area (Å²) >= 11 is 12.7. The first-order chi connectivity index (χ1) is 11.1. The van der Waals surface area contributed by atoms with Crippen LogP contribution < -0.4 is 0 Å². The Labute approximate surface area is 153 Å². The van der Waals surface area contributed by atoms with Gasteiger partial charge in [0.1, 0.15) is 0 Å². The molecule has 0 bridgehead atoms. The van der Waals surface area contributed by atoms with Crippen molar-refractivity contribution in [2.24, 2.45) is 0 Å². The summed E-state index contributed by atoms with van der Waals surface area (Å²) in [6.07, 6.45) is 10.6. The lowest BCUT2D eigenvalue weighted by Crippen LogP contribution is -1.93. The van der Waals surface area contributed by atoms with Crippen molar-refractivity contribution >= 4 is 35.2 Å². The maximum absolute atomic E-state index is 10.6. The monoisotopic (exact) mass is 364 g/mol. The van der Waals surface area contributed by atoms with Gasteiger partial charge in [-0.3, -0.25) is 0 Å². The lowest BCUT2D eigenvalue weighted by molar-refractivity contribution is -0.131. The van der Waals surface area contributed by atoms with Crippen LogP contribution in [-0.4, -0.2) is 11.1 Å². The molecule has 128 valence electrons. The molecule has 0 saturated carbocycles. The van der Waals surface area contributed by atoms with E-state index in [0.717, 1.165) is 27.8 Å². The van der Waals surface area contributed by atoms with E-state index in [1.54, 1.807) is 13.0 Å². The lowest BCUT2D eigenvalue weighted by Gasteiger charge is -2.13. The summed E-state index contributed by atoms with van der Waals surface area (Å²) in [4.78, 5) is 10.6. The minimum atomic E-state index is -0.947. The Morgan fingerprint density at radius 3 is 1.96 bits per heavy atom. The number of carboxylic acids is 1. The van der Waals surface area contributed by atoms with Crippen LogP contribution in [0.2, 0.25) is 10.0 Å². The van der Waals surface area contributed by atoms with Gasteiger partial charge < -0.3 is 5.11 Å². The van der Waals surface area contributed by atoms with Gasteiger partial charge in [-0.2, -0.15) is 0 Å². The summed E-state index contributed by atoms with van der Waals surface area (Å²) in [5.74, 6) is -0.947. The Morgan fingerprint density at radius 1 is 0.917 bits per heavy atom. The standard InChI is InChI=1S/C20H22Cl2O2/c1-12(7-6-8-13(2)11-18(23)24)9-10-17-14(3)19(21)16(5)20(22)15(17)4/h6-11H,1-5H3,(H,23,24). The van der Waals surface area contributed by atoms with E-state index >= 15 is 0 Å². The number of halogens is 2. The van der Waals surface area contributed by atoms with E-state index in [1.807, 2.05) is 52.0 Å². The van der Waals surface area contributed by atoms with Crippen molar-refractivity contribution in [3.05, 3.63) is 73.8 Å². The summed E-state index contributed by atoms with van der Waals surface area (Å²) in [5, 5.41) is 10.1. The van der Waals surface area contributed by atoms with Gasteiger partial charge in [-0.25, -0.2) is 4.79 Å². The minimum absolute atomic E-state index is 0.680. The van der Waals surface area contributed by atoms with Gasteiger partial charge in [-0.15, -0.1) is 0 Å². The van der Waals surface area contributed by atoms with Gasteiger partial charge in [-0.1, -0.05) is 59.2 Å². The summed E-state index contributed by atoms with van der Waals surface area (Å²) in [6.45, 7) is 9.60. The number of carbonyl (C=O) groups is 1. The molecule has 0 amide bonds. The van der Waals surface area contributed by atoms with Crippen molar-refractivity contribution in [3.63, 3.8) is 0 Å². The topological polar surface area (TPSA) is 37.3 Å². The van der Waals surface area contributed by atoms with Gasteiger partial charge >= 0.3 is 5.97 Å². The summed E-state index contributed by atoms with van der Waals surface area (Å²) in [6, 6.07) is 0. The summed E-state index contributed by atoms with van der Waals surface area (Å²) in [5.41, 5.74) is 5.66. The first-order valence-electron chi connectivity index (χ1n) is 7.54. The highest BCUT2D eigenvalue weighted by Crippen LogP contribution is 2.34. The van der Waals surface area contributed by atoms with E-state index in [0.29, 0.717) is 15.6 Å². The van der Waals surface area contributed by atoms with Gasteiger partial charge in [0.15, 0.2) is 0 Å². The molecule has 0 aliphatic rings. The molecule has 24 heavy (non-hydrogen) atoms. The molecular weight excluding hydrogens is 343 g/mol. The normalized spacial score (nSPS) is 13.3. The van der Waals surface area contributed by atoms with E-state index < -0.39 is 5.97 Å². The van der Waals surface area contributed by atoms with Crippen molar-refractivity contribution in [2.45, 2.75) is 34.6 Å². The van der Waals surface area contributed by atoms with Crippen LogP contribution in [0, 0.1) is 20.8 Å². The van der Waals surface area contributed by atoms with E-state index in [-0.39, 0.29) is 0 Å². The average Bonchev–Trinajstić information content (AvgIpc) is 2.50. The zero-order valence-electron chi connectivity index (χ0n) is 14.6. The maximum atomic E-state index is 10.6.